The lowest BCUT2D eigenvalue weighted by atomic mass is 10.1. The summed E-state index contributed by atoms with van der Waals surface area (Å²) in [5.74, 6) is 0.535. The average Bonchev–Trinajstić information content (AvgIpc) is 2.21. The van der Waals surface area contributed by atoms with Crippen LogP contribution in [-0.2, 0) is 10.0 Å². The Morgan fingerprint density at radius 3 is 2.13 bits per heavy atom. The van der Waals surface area contributed by atoms with Crippen molar-refractivity contribution < 1.29 is 8.42 Å². The zero-order valence-electron chi connectivity index (χ0n) is 10.0. The molecule has 0 aromatic rings. The molecule has 0 saturated carbocycles. The molecule has 0 aromatic carbocycles. The highest BCUT2D eigenvalue weighted by Gasteiger charge is 2.15. The second kappa shape index (κ2) is 8.07. The summed E-state index contributed by atoms with van der Waals surface area (Å²) in [6, 6.07) is 0. The topological polar surface area (TPSA) is 58.2 Å². The highest BCUT2D eigenvalue weighted by molar-refractivity contribution is 7.89. The molecule has 0 saturated heterocycles. The molecular weight excluding hydrogens is 212 g/mol. The molecule has 0 amide bonds. The molecule has 15 heavy (non-hydrogen) atoms. The maximum atomic E-state index is 11.6. The zero-order valence-corrected chi connectivity index (χ0v) is 10.9. The van der Waals surface area contributed by atoms with Crippen molar-refractivity contribution in [2.75, 3.05) is 25.4 Å². The molecule has 4 nitrogen and oxygen atoms in total. The smallest absolute Gasteiger partial charge is 0.211 e. The number of hydrogen-bond donors (Lipinski definition) is 2. The van der Waals surface area contributed by atoms with E-state index < -0.39 is 10.0 Å². The van der Waals surface area contributed by atoms with Gasteiger partial charge in [-0.25, -0.2) is 13.1 Å². The Balaban J connectivity index is 3.86. The molecule has 0 aromatic heterocycles. The van der Waals surface area contributed by atoms with E-state index in [-0.39, 0.29) is 11.7 Å². The maximum absolute atomic E-state index is 11.6. The van der Waals surface area contributed by atoms with E-state index in [1.165, 1.54) is 0 Å². The highest BCUT2D eigenvalue weighted by Crippen LogP contribution is 2.09. The standard InChI is InChI=1S/C10H24N2O2S/c1-4-10(5-2)9-15(13,14)12-8-7-11-6-3/h10-12H,4-9H2,1-3H3. The lowest BCUT2D eigenvalue weighted by Gasteiger charge is -2.13. The third kappa shape index (κ3) is 7.76. The predicted octanol–water partition coefficient (Wildman–Crippen LogP) is 0.952. The van der Waals surface area contributed by atoms with E-state index in [0.717, 1.165) is 19.4 Å². The van der Waals surface area contributed by atoms with Gasteiger partial charge in [-0.05, 0) is 12.5 Å². The molecule has 0 bridgehead atoms. The first-order chi connectivity index (χ1) is 7.05. The van der Waals surface area contributed by atoms with Crippen molar-refractivity contribution >= 4 is 10.0 Å². The van der Waals surface area contributed by atoms with Crippen LogP contribution in [0.25, 0.3) is 0 Å². The van der Waals surface area contributed by atoms with Gasteiger partial charge >= 0.3 is 0 Å². The van der Waals surface area contributed by atoms with E-state index in [2.05, 4.69) is 10.0 Å². The molecule has 2 N–H and O–H groups in total. The van der Waals surface area contributed by atoms with Gasteiger partial charge in [0.15, 0.2) is 0 Å². The minimum Gasteiger partial charge on any atom is -0.316 e. The van der Waals surface area contributed by atoms with Crippen LogP contribution in [0.5, 0.6) is 0 Å². The van der Waals surface area contributed by atoms with Crippen LogP contribution < -0.4 is 10.0 Å². The van der Waals surface area contributed by atoms with Crippen molar-refractivity contribution in [1.29, 1.82) is 0 Å². The first-order valence-corrected chi connectivity index (χ1v) is 7.39. The third-order valence-corrected chi connectivity index (χ3v) is 4.04. The van der Waals surface area contributed by atoms with Crippen molar-refractivity contribution in [2.24, 2.45) is 5.92 Å². The van der Waals surface area contributed by atoms with E-state index in [1.807, 2.05) is 20.8 Å². The lowest BCUT2D eigenvalue weighted by molar-refractivity contribution is 0.516. The Bertz CT molecular complexity index is 236. The van der Waals surface area contributed by atoms with Crippen LogP contribution in [0.1, 0.15) is 33.6 Å². The summed E-state index contributed by atoms with van der Waals surface area (Å²) in [6.07, 6.45) is 1.84. The quantitative estimate of drug-likeness (QED) is 0.586. The number of nitrogens with one attached hydrogen (secondary N) is 2. The summed E-state index contributed by atoms with van der Waals surface area (Å²) in [7, 11) is -3.08. The lowest BCUT2D eigenvalue weighted by Crippen LogP contribution is -2.35. The van der Waals surface area contributed by atoms with Crippen LogP contribution in [0.2, 0.25) is 0 Å². The SMILES string of the molecule is CCNCCNS(=O)(=O)CC(CC)CC. The van der Waals surface area contributed by atoms with E-state index >= 15 is 0 Å². The van der Waals surface area contributed by atoms with Gasteiger partial charge in [-0.15, -0.1) is 0 Å². The van der Waals surface area contributed by atoms with Gasteiger partial charge in [0.1, 0.15) is 0 Å². The minimum atomic E-state index is -3.08. The molecule has 0 aliphatic rings. The largest absolute Gasteiger partial charge is 0.316 e. The fourth-order valence-corrected chi connectivity index (χ4v) is 2.99. The Morgan fingerprint density at radius 2 is 1.67 bits per heavy atom. The summed E-state index contributed by atoms with van der Waals surface area (Å²) >= 11 is 0. The Morgan fingerprint density at radius 1 is 1.07 bits per heavy atom. The third-order valence-electron chi connectivity index (χ3n) is 2.48. The van der Waals surface area contributed by atoms with Gasteiger partial charge < -0.3 is 5.32 Å². The monoisotopic (exact) mass is 236 g/mol. The summed E-state index contributed by atoms with van der Waals surface area (Å²) in [4.78, 5) is 0. The van der Waals surface area contributed by atoms with Crippen LogP contribution in [0.3, 0.4) is 0 Å². The average molecular weight is 236 g/mol. The molecule has 0 fully saturated rings. The van der Waals surface area contributed by atoms with Gasteiger partial charge in [0.2, 0.25) is 10.0 Å². The van der Waals surface area contributed by atoms with Gasteiger partial charge in [-0.1, -0.05) is 33.6 Å². The van der Waals surface area contributed by atoms with Crippen LogP contribution in [0, 0.1) is 5.92 Å². The van der Waals surface area contributed by atoms with E-state index in [9.17, 15) is 8.42 Å². The minimum absolute atomic E-state index is 0.256. The molecule has 0 aliphatic carbocycles. The molecular formula is C10H24N2O2S. The van der Waals surface area contributed by atoms with E-state index in [1.54, 1.807) is 0 Å². The maximum Gasteiger partial charge on any atom is 0.211 e. The molecule has 0 rings (SSSR count). The van der Waals surface area contributed by atoms with Gasteiger partial charge in [-0.3, -0.25) is 0 Å². The van der Waals surface area contributed by atoms with Crippen LogP contribution in [0.15, 0.2) is 0 Å². The summed E-state index contributed by atoms with van der Waals surface area (Å²) in [6.45, 7) is 8.10. The molecule has 0 atom stereocenters. The second-order valence-electron chi connectivity index (χ2n) is 3.71. The van der Waals surface area contributed by atoms with E-state index in [0.29, 0.717) is 13.1 Å². The summed E-state index contributed by atoms with van der Waals surface area (Å²) in [5, 5.41) is 3.08. The molecule has 0 aliphatic heterocycles. The Hall–Kier alpha value is -0.130. The molecule has 0 unspecified atom stereocenters. The van der Waals surface area contributed by atoms with Gasteiger partial charge in [0.25, 0.3) is 0 Å². The molecule has 0 spiro atoms. The fourth-order valence-electron chi connectivity index (χ4n) is 1.37. The first kappa shape index (κ1) is 14.9. The zero-order chi connectivity index (χ0) is 11.7. The number of sulfonamides is 1. The Kier molecular flexibility index (Phi) is 8.00. The molecule has 5 heteroatoms. The molecule has 0 heterocycles. The number of rotatable bonds is 9. The predicted molar refractivity (Wildman–Crippen MR) is 64.4 cm³/mol. The first-order valence-electron chi connectivity index (χ1n) is 5.73. The van der Waals surface area contributed by atoms with Crippen LogP contribution in [-0.4, -0.2) is 33.8 Å². The van der Waals surface area contributed by atoms with Crippen LogP contribution >= 0.6 is 0 Å². The van der Waals surface area contributed by atoms with Gasteiger partial charge in [0, 0.05) is 13.1 Å². The second-order valence-corrected chi connectivity index (χ2v) is 5.56. The van der Waals surface area contributed by atoms with E-state index in [4.69, 9.17) is 0 Å². The fraction of sp³-hybridized carbons (Fsp3) is 1.00. The normalized spacial score (nSPS) is 12.3. The van der Waals surface area contributed by atoms with Crippen molar-refractivity contribution in [2.45, 2.75) is 33.6 Å². The highest BCUT2D eigenvalue weighted by atomic mass is 32.2. The van der Waals surface area contributed by atoms with Crippen molar-refractivity contribution in [1.82, 2.24) is 10.0 Å². The van der Waals surface area contributed by atoms with Crippen molar-refractivity contribution in [3.63, 3.8) is 0 Å². The van der Waals surface area contributed by atoms with Crippen molar-refractivity contribution in [3.05, 3.63) is 0 Å². The number of hydrogen-bond acceptors (Lipinski definition) is 3. The Labute approximate surface area is 93.9 Å². The van der Waals surface area contributed by atoms with Crippen LogP contribution in [0.4, 0.5) is 0 Å². The molecule has 92 valence electrons. The van der Waals surface area contributed by atoms with Gasteiger partial charge in [-0.2, -0.15) is 0 Å². The van der Waals surface area contributed by atoms with Gasteiger partial charge in [0.05, 0.1) is 5.75 Å². The summed E-state index contributed by atoms with van der Waals surface area (Å²) < 4.78 is 25.8. The van der Waals surface area contributed by atoms with Crippen molar-refractivity contribution in [3.8, 4) is 0 Å². The molecule has 0 radical (unpaired) electrons. The number of likely N-dealkylation sites (N-methyl/N-ethyl adjacent to an activating group) is 1. The summed E-state index contributed by atoms with van der Waals surface area (Å²) in [5.41, 5.74) is 0.